The van der Waals surface area contributed by atoms with Gasteiger partial charge in [-0.05, 0) is 61.7 Å². The van der Waals surface area contributed by atoms with Crippen LogP contribution >= 0.6 is 0 Å². The maximum Gasteiger partial charge on any atom is 0.166 e. The molecule has 0 amide bonds. The minimum atomic E-state index is -0.241. The molecule has 0 N–H and O–H groups in total. The lowest BCUT2D eigenvalue weighted by atomic mass is 9.37. The molecule has 2 heterocycles. The van der Waals surface area contributed by atoms with E-state index in [4.69, 9.17) is 14.2 Å². The van der Waals surface area contributed by atoms with Crippen molar-refractivity contribution in [1.29, 1.82) is 5.26 Å². The topological polar surface area (TPSA) is 54.7 Å². The van der Waals surface area contributed by atoms with Gasteiger partial charge in [-0.3, -0.25) is 0 Å². The van der Waals surface area contributed by atoms with Gasteiger partial charge < -0.3 is 19.1 Å². The van der Waals surface area contributed by atoms with Gasteiger partial charge in [-0.25, -0.2) is 0 Å². The van der Waals surface area contributed by atoms with E-state index in [1.807, 2.05) is 0 Å². The zero-order valence-electron chi connectivity index (χ0n) is 19.3. The van der Waals surface area contributed by atoms with Gasteiger partial charge in [-0.15, -0.1) is 0 Å². The van der Waals surface area contributed by atoms with Crippen LogP contribution in [0.2, 0.25) is 0 Å². The van der Waals surface area contributed by atoms with Gasteiger partial charge in [0.2, 0.25) is 0 Å². The van der Waals surface area contributed by atoms with Gasteiger partial charge in [0.15, 0.2) is 17.6 Å². The lowest BCUT2D eigenvalue weighted by Crippen LogP contribution is -2.74. The second kappa shape index (κ2) is 6.33. The van der Waals surface area contributed by atoms with Crippen molar-refractivity contribution >= 4 is 0 Å². The Kier molecular flexibility index (Phi) is 3.74. The summed E-state index contributed by atoms with van der Waals surface area (Å²) in [5, 5.41) is 10.5. The first kappa shape index (κ1) is 19.5. The van der Waals surface area contributed by atoms with Crippen LogP contribution in [-0.4, -0.2) is 44.9 Å². The largest absolute Gasteiger partial charge is 0.497 e. The predicted octanol–water partition coefficient (Wildman–Crippen LogP) is 3.96. The number of hydrogen-bond donors (Lipinski definition) is 0. The predicted molar refractivity (Wildman–Crippen MR) is 123 cm³/mol. The van der Waals surface area contributed by atoms with E-state index >= 15 is 0 Å². The molecule has 2 spiro atoms. The quantitative estimate of drug-likeness (QED) is 0.708. The third-order valence-corrected chi connectivity index (χ3v) is 9.59. The first-order valence-corrected chi connectivity index (χ1v) is 11.9. The average Bonchev–Trinajstić information content (AvgIpc) is 3.19. The van der Waals surface area contributed by atoms with Crippen molar-refractivity contribution in [3.8, 4) is 17.6 Å². The Morgan fingerprint density at radius 2 is 1.97 bits per heavy atom. The van der Waals surface area contributed by atoms with E-state index in [2.05, 4.69) is 60.5 Å². The number of methoxy groups -OCH3 is 2. The molecule has 5 heteroatoms. The number of fused-ring (bicyclic) bond motifs is 1. The van der Waals surface area contributed by atoms with Crippen molar-refractivity contribution in [2.45, 2.75) is 42.7 Å². The summed E-state index contributed by atoms with van der Waals surface area (Å²) in [7, 11) is 5.73. The van der Waals surface area contributed by atoms with E-state index in [1.54, 1.807) is 14.2 Å². The van der Waals surface area contributed by atoms with Gasteiger partial charge in [0.1, 0.15) is 5.76 Å². The molecule has 33 heavy (non-hydrogen) atoms. The first-order chi connectivity index (χ1) is 16.1. The fourth-order valence-corrected chi connectivity index (χ4v) is 8.45. The van der Waals surface area contributed by atoms with Crippen LogP contribution in [0.3, 0.4) is 0 Å². The van der Waals surface area contributed by atoms with Crippen LogP contribution in [0.4, 0.5) is 0 Å². The summed E-state index contributed by atoms with van der Waals surface area (Å²) in [6.07, 6.45) is 4.96. The second-order valence-electron chi connectivity index (χ2n) is 10.4. The summed E-state index contributed by atoms with van der Waals surface area (Å²) >= 11 is 0. The number of likely N-dealkylation sites (N-methyl/N-ethyl adjacent to an activating group) is 1. The molecule has 0 aromatic heterocycles. The monoisotopic (exact) mass is 440 g/mol. The van der Waals surface area contributed by atoms with E-state index in [0.717, 1.165) is 43.1 Å². The lowest BCUT2D eigenvalue weighted by molar-refractivity contribution is -0.132. The van der Waals surface area contributed by atoms with Crippen LogP contribution in [0.5, 0.6) is 11.5 Å². The molecule has 2 aromatic rings. The summed E-state index contributed by atoms with van der Waals surface area (Å²) in [5.41, 5.74) is 4.78. The molecular formula is C28H28N2O3. The molecule has 0 unspecified atom stereocenters. The molecule has 7 rings (SSSR count). The van der Waals surface area contributed by atoms with Gasteiger partial charge >= 0.3 is 0 Å². The molecule has 1 fully saturated rings. The maximum atomic E-state index is 10.5. The van der Waals surface area contributed by atoms with Gasteiger partial charge in [-0.1, -0.05) is 30.3 Å². The minimum absolute atomic E-state index is 0.0604. The Morgan fingerprint density at radius 1 is 1.12 bits per heavy atom. The molecular weight excluding hydrogens is 412 g/mol. The summed E-state index contributed by atoms with van der Waals surface area (Å²) in [5.74, 6) is 2.40. The van der Waals surface area contributed by atoms with Gasteiger partial charge in [0.25, 0.3) is 0 Å². The van der Waals surface area contributed by atoms with Crippen LogP contribution in [0, 0.1) is 22.7 Å². The molecule has 2 aliphatic heterocycles. The summed E-state index contributed by atoms with van der Waals surface area (Å²) in [6, 6.07) is 15.9. The summed E-state index contributed by atoms with van der Waals surface area (Å²) in [6.45, 7) is 1.00. The number of likely N-dealkylation sites (tertiary alicyclic amines) is 1. The number of ether oxygens (including phenoxy) is 3. The van der Waals surface area contributed by atoms with Crippen LogP contribution in [0.25, 0.3) is 0 Å². The van der Waals surface area contributed by atoms with Crippen molar-refractivity contribution in [2.24, 2.45) is 11.3 Å². The fourth-order valence-electron chi connectivity index (χ4n) is 8.45. The summed E-state index contributed by atoms with van der Waals surface area (Å²) in [4.78, 5) is 2.55. The van der Waals surface area contributed by atoms with Crippen molar-refractivity contribution in [2.75, 3.05) is 27.8 Å². The third-order valence-electron chi connectivity index (χ3n) is 9.59. The molecule has 168 valence electrons. The molecule has 0 radical (unpaired) electrons. The Hall–Kier alpha value is -2.97. The van der Waals surface area contributed by atoms with E-state index in [-0.39, 0.29) is 28.8 Å². The van der Waals surface area contributed by atoms with E-state index in [1.165, 1.54) is 22.3 Å². The number of benzene rings is 2. The van der Waals surface area contributed by atoms with E-state index in [9.17, 15) is 5.26 Å². The number of hydrogen-bond acceptors (Lipinski definition) is 5. The number of rotatable bonds is 2. The van der Waals surface area contributed by atoms with E-state index in [0.29, 0.717) is 6.04 Å². The van der Waals surface area contributed by atoms with Crippen LogP contribution in [0.15, 0.2) is 48.2 Å². The maximum absolute atomic E-state index is 10.5. The highest BCUT2D eigenvalue weighted by molar-refractivity contribution is 5.65. The smallest absolute Gasteiger partial charge is 0.166 e. The molecule has 2 aromatic carbocycles. The SMILES string of the molecule is COC1=C[C@H]2[C@H](C#N)c3ccccc3C[C@@]23[C@@H]2Cc4ccc(OC)c5c4[C@@]3(CCN2C)[C@@H]1O5. The van der Waals surface area contributed by atoms with Gasteiger partial charge in [0, 0.05) is 22.9 Å². The Morgan fingerprint density at radius 3 is 2.76 bits per heavy atom. The lowest BCUT2D eigenvalue weighted by Gasteiger charge is -2.68. The molecule has 0 saturated carbocycles. The van der Waals surface area contributed by atoms with E-state index < -0.39 is 0 Å². The molecule has 2 bridgehead atoms. The minimum Gasteiger partial charge on any atom is -0.497 e. The van der Waals surface area contributed by atoms with Crippen LogP contribution in [0.1, 0.15) is 34.6 Å². The second-order valence-corrected chi connectivity index (χ2v) is 10.4. The molecule has 5 nitrogen and oxygen atoms in total. The van der Waals surface area contributed by atoms with Crippen molar-refractivity contribution < 1.29 is 14.2 Å². The standard InChI is InChI=1S/C28H28N2O3/c1-30-11-10-27-24-16-8-9-21(31-2)25(24)33-26(27)22(32-3)13-20-19(15-29)18-7-5-4-6-17(18)14-28(20,27)23(30)12-16/h4-9,13,19-20,23,26H,10-12,14H2,1-3H3/t19-,20+,23+,26-,27+,28+/m1/s1. The van der Waals surface area contributed by atoms with Gasteiger partial charge in [0.05, 0.1) is 31.6 Å². The number of nitrogens with zero attached hydrogens (tertiary/aromatic N) is 2. The Balaban J connectivity index is 1.61. The highest BCUT2D eigenvalue weighted by Crippen LogP contribution is 2.73. The van der Waals surface area contributed by atoms with Crippen molar-refractivity contribution in [1.82, 2.24) is 4.90 Å². The Bertz CT molecular complexity index is 1260. The normalized spacial score (nSPS) is 37.0. The molecule has 1 saturated heterocycles. The Labute approximate surface area is 194 Å². The highest BCUT2D eigenvalue weighted by Gasteiger charge is 2.75. The first-order valence-electron chi connectivity index (χ1n) is 11.9. The van der Waals surface area contributed by atoms with Crippen LogP contribution in [-0.2, 0) is 23.0 Å². The molecule has 6 atom stereocenters. The van der Waals surface area contributed by atoms with Gasteiger partial charge in [-0.2, -0.15) is 5.26 Å². The fraction of sp³-hybridized carbons (Fsp3) is 0.464. The van der Waals surface area contributed by atoms with Crippen LogP contribution < -0.4 is 9.47 Å². The zero-order valence-corrected chi connectivity index (χ0v) is 19.3. The van der Waals surface area contributed by atoms with Crippen molar-refractivity contribution in [3.63, 3.8) is 0 Å². The third kappa shape index (κ3) is 2.00. The number of nitriles is 1. The number of piperidine rings is 1. The highest BCUT2D eigenvalue weighted by atomic mass is 16.6. The summed E-state index contributed by atoms with van der Waals surface area (Å²) < 4.78 is 18.6. The number of allylic oxidation sites excluding steroid dienone is 1. The van der Waals surface area contributed by atoms with Crippen molar-refractivity contribution in [3.05, 3.63) is 70.5 Å². The average molecular weight is 441 g/mol. The molecule has 3 aliphatic carbocycles. The zero-order chi connectivity index (χ0) is 22.5. The molecule has 5 aliphatic rings.